The zero-order valence-electron chi connectivity index (χ0n) is 12.9. The summed E-state index contributed by atoms with van der Waals surface area (Å²) in [5.41, 5.74) is -0.697. The Balaban J connectivity index is 1.93. The number of rotatable bonds is 8. The van der Waals surface area contributed by atoms with Crippen LogP contribution in [0.3, 0.4) is 0 Å². The van der Waals surface area contributed by atoms with Crippen molar-refractivity contribution in [3.05, 3.63) is 24.0 Å². The molecule has 2 N–H and O–H groups in total. The summed E-state index contributed by atoms with van der Waals surface area (Å²) in [7, 11) is 1.52. The lowest BCUT2D eigenvalue weighted by atomic mass is 9.66. The van der Waals surface area contributed by atoms with Gasteiger partial charge in [0, 0.05) is 25.3 Å². The summed E-state index contributed by atoms with van der Waals surface area (Å²) in [6.45, 7) is 0.565. The van der Waals surface area contributed by atoms with Gasteiger partial charge < -0.3 is 19.9 Å². The highest BCUT2D eigenvalue weighted by Gasteiger charge is 2.45. The molecule has 1 saturated carbocycles. The maximum absolute atomic E-state index is 13.9. The van der Waals surface area contributed by atoms with E-state index in [1.807, 2.05) is 0 Å². The molecule has 1 aromatic carbocycles. The SMILES string of the molecule is COCCOc1ccc(NC(=O)CC2(C(=O)O)CCC2)cc1F. The number of methoxy groups -OCH3 is 1. The van der Waals surface area contributed by atoms with Gasteiger partial charge in [-0.05, 0) is 25.0 Å². The first kappa shape index (κ1) is 17.2. The highest BCUT2D eigenvalue weighted by Crippen LogP contribution is 2.44. The van der Waals surface area contributed by atoms with Gasteiger partial charge in [0.05, 0.1) is 12.0 Å². The van der Waals surface area contributed by atoms with Gasteiger partial charge in [0.1, 0.15) is 6.61 Å². The summed E-state index contributed by atoms with van der Waals surface area (Å²) in [4.78, 5) is 23.2. The lowest BCUT2D eigenvalue weighted by Crippen LogP contribution is -2.41. The fraction of sp³-hybridized carbons (Fsp3) is 0.500. The molecule has 1 aliphatic carbocycles. The van der Waals surface area contributed by atoms with Crippen LogP contribution in [0.4, 0.5) is 10.1 Å². The predicted molar refractivity (Wildman–Crippen MR) is 80.9 cm³/mol. The third-order valence-corrected chi connectivity index (χ3v) is 4.02. The lowest BCUT2D eigenvalue weighted by Gasteiger charge is -2.36. The minimum Gasteiger partial charge on any atom is -0.488 e. The van der Waals surface area contributed by atoms with Crippen molar-refractivity contribution in [1.82, 2.24) is 0 Å². The van der Waals surface area contributed by atoms with Crippen molar-refractivity contribution < 1.29 is 28.6 Å². The Labute approximate surface area is 133 Å². The second kappa shape index (κ2) is 7.41. The van der Waals surface area contributed by atoms with Crippen LogP contribution in [0.5, 0.6) is 5.75 Å². The number of nitrogens with one attached hydrogen (secondary N) is 1. The van der Waals surface area contributed by atoms with Gasteiger partial charge >= 0.3 is 5.97 Å². The second-order valence-electron chi connectivity index (χ2n) is 5.65. The topological polar surface area (TPSA) is 84.9 Å². The Hall–Kier alpha value is -2.15. The molecule has 1 fully saturated rings. The largest absolute Gasteiger partial charge is 0.488 e. The molecule has 23 heavy (non-hydrogen) atoms. The number of ether oxygens (including phenoxy) is 2. The van der Waals surface area contributed by atoms with Gasteiger partial charge in [0.15, 0.2) is 11.6 Å². The van der Waals surface area contributed by atoms with Crippen LogP contribution in [0.2, 0.25) is 0 Å². The highest BCUT2D eigenvalue weighted by molar-refractivity contribution is 5.94. The zero-order valence-corrected chi connectivity index (χ0v) is 12.9. The number of carbonyl (C=O) groups excluding carboxylic acids is 1. The standard InChI is InChI=1S/C16H20FNO5/c1-22-7-8-23-13-4-3-11(9-12(13)17)18-14(19)10-16(15(20)21)5-2-6-16/h3-4,9H,2,5-8,10H2,1H3,(H,18,19)(H,20,21). The Morgan fingerprint density at radius 1 is 1.35 bits per heavy atom. The van der Waals surface area contributed by atoms with E-state index < -0.39 is 23.1 Å². The number of aliphatic carboxylic acids is 1. The number of hydrogen-bond acceptors (Lipinski definition) is 4. The molecule has 1 aromatic rings. The Morgan fingerprint density at radius 2 is 2.09 bits per heavy atom. The maximum Gasteiger partial charge on any atom is 0.310 e. The van der Waals surface area contributed by atoms with Gasteiger partial charge in [0.25, 0.3) is 0 Å². The molecule has 2 rings (SSSR count). The average molecular weight is 325 g/mol. The summed E-state index contributed by atoms with van der Waals surface area (Å²) in [6, 6.07) is 4.07. The van der Waals surface area contributed by atoms with E-state index in [1.54, 1.807) is 0 Å². The van der Waals surface area contributed by atoms with Gasteiger partial charge in [-0.15, -0.1) is 0 Å². The van der Waals surface area contributed by atoms with Crippen molar-refractivity contribution >= 4 is 17.6 Å². The van der Waals surface area contributed by atoms with Crippen molar-refractivity contribution in [3.8, 4) is 5.75 Å². The molecule has 6 nitrogen and oxygen atoms in total. The molecule has 0 spiro atoms. The van der Waals surface area contributed by atoms with E-state index in [0.717, 1.165) is 12.5 Å². The number of amides is 1. The number of carboxylic acid groups (broad SMARTS) is 1. The van der Waals surface area contributed by atoms with Gasteiger partial charge in [-0.1, -0.05) is 6.42 Å². The van der Waals surface area contributed by atoms with E-state index in [-0.39, 0.29) is 24.5 Å². The van der Waals surface area contributed by atoms with Crippen LogP contribution in [0.1, 0.15) is 25.7 Å². The monoisotopic (exact) mass is 325 g/mol. The zero-order chi connectivity index (χ0) is 16.9. The average Bonchev–Trinajstić information content (AvgIpc) is 2.45. The number of benzene rings is 1. The van der Waals surface area contributed by atoms with Crippen molar-refractivity contribution in [2.24, 2.45) is 5.41 Å². The fourth-order valence-electron chi connectivity index (χ4n) is 2.51. The Bertz CT molecular complexity index is 586. The maximum atomic E-state index is 13.9. The third-order valence-electron chi connectivity index (χ3n) is 4.02. The van der Waals surface area contributed by atoms with Crippen LogP contribution < -0.4 is 10.1 Å². The molecule has 1 amide bonds. The van der Waals surface area contributed by atoms with Crippen molar-refractivity contribution in [2.45, 2.75) is 25.7 Å². The number of carboxylic acids is 1. The molecular formula is C16H20FNO5. The van der Waals surface area contributed by atoms with Crippen LogP contribution in [0.25, 0.3) is 0 Å². The molecule has 0 atom stereocenters. The minimum atomic E-state index is -0.966. The van der Waals surface area contributed by atoms with Gasteiger partial charge in [-0.25, -0.2) is 4.39 Å². The van der Waals surface area contributed by atoms with Crippen molar-refractivity contribution in [2.75, 3.05) is 25.6 Å². The Morgan fingerprint density at radius 3 is 2.61 bits per heavy atom. The number of hydrogen-bond donors (Lipinski definition) is 2. The summed E-state index contributed by atoms with van der Waals surface area (Å²) >= 11 is 0. The Kier molecular flexibility index (Phi) is 5.54. The molecule has 0 radical (unpaired) electrons. The molecule has 0 aliphatic heterocycles. The number of anilines is 1. The van der Waals surface area contributed by atoms with E-state index >= 15 is 0 Å². The van der Waals surface area contributed by atoms with Crippen molar-refractivity contribution in [3.63, 3.8) is 0 Å². The first-order valence-corrected chi connectivity index (χ1v) is 7.41. The molecule has 1 aliphatic rings. The van der Waals surface area contributed by atoms with Crippen LogP contribution in [0.15, 0.2) is 18.2 Å². The smallest absolute Gasteiger partial charge is 0.310 e. The first-order chi connectivity index (χ1) is 11.0. The fourth-order valence-corrected chi connectivity index (χ4v) is 2.51. The molecule has 0 saturated heterocycles. The molecule has 7 heteroatoms. The first-order valence-electron chi connectivity index (χ1n) is 7.41. The van der Waals surface area contributed by atoms with E-state index in [9.17, 15) is 19.1 Å². The van der Waals surface area contributed by atoms with Crippen LogP contribution in [-0.4, -0.2) is 37.3 Å². The predicted octanol–water partition coefficient (Wildman–Crippen LogP) is 2.43. The highest BCUT2D eigenvalue weighted by atomic mass is 19.1. The van der Waals surface area contributed by atoms with Crippen LogP contribution in [0, 0.1) is 11.2 Å². The van der Waals surface area contributed by atoms with Crippen LogP contribution in [-0.2, 0) is 14.3 Å². The molecule has 0 heterocycles. The van der Waals surface area contributed by atoms with Crippen molar-refractivity contribution in [1.29, 1.82) is 0 Å². The van der Waals surface area contributed by atoms with Gasteiger partial charge in [-0.2, -0.15) is 0 Å². The third kappa shape index (κ3) is 4.19. The molecule has 0 aromatic heterocycles. The lowest BCUT2D eigenvalue weighted by molar-refractivity contribution is -0.157. The molecule has 0 bridgehead atoms. The van der Waals surface area contributed by atoms with Gasteiger partial charge in [-0.3, -0.25) is 9.59 Å². The van der Waals surface area contributed by atoms with E-state index in [0.29, 0.717) is 19.4 Å². The van der Waals surface area contributed by atoms with Crippen LogP contribution >= 0.6 is 0 Å². The summed E-state index contributed by atoms with van der Waals surface area (Å²) in [6.07, 6.45) is 1.70. The van der Waals surface area contributed by atoms with E-state index in [4.69, 9.17) is 9.47 Å². The number of halogens is 1. The normalized spacial score (nSPS) is 15.6. The summed E-state index contributed by atoms with van der Waals surface area (Å²) < 4.78 is 23.9. The van der Waals surface area contributed by atoms with Gasteiger partial charge in [0.2, 0.25) is 5.91 Å². The summed E-state index contributed by atoms with van der Waals surface area (Å²) in [5.74, 6) is -1.91. The summed E-state index contributed by atoms with van der Waals surface area (Å²) in [5, 5.41) is 11.7. The quantitative estimate of drug-likeness (QED) is 0.717. The van der Waals surface area contributed by atoms with E-state index in [2.05, 4.69) is 5.32 Å². The molecule has 126 valence electrons. The number of carbonyl (C=O) groups is 2. The molecular weight excluding hydrogens is 305 g/mol. The molecule has 0 unspecified atom stereocenters. The minimum absolute atomic E-state index is 0.0704. The van der Waals surface area contributed by atoms with E-state index in [1.165, 1.54) is 19.2 Å². The second-order valence-corrected chi connectivity index (χ2v) is 5.65.